The lowest BCUT2D eigenvalue weighted by molar-refractivity contribution is -0.134. The summed E-state index contributed by atoms with van der Waals surface area (Å²) in [6.45, 7) is 5.13. The number of fused-ring (bicyclic) bond motifs is 1. The number of carbonyl (C=O) groups excluding carboxylic acids is 2. The summed E-state index contributed by atoms with van der Waals surface area (Å²) in [6, 6.07) is 22.9. The number of hydrogen-bond acceptors (Lipinski definition) is 5. The summed E-state index contributed by atoms with van der Waals surface area (Å²) < 4.78 is 12.5. The Morgan fingerprint density at radius 2 is 1.66 bits per heavy atom. The van der Waals surface area contributed by atoms with E-state index in [0.717, 1.165) is 22.4 Å². The topological polar surface area (TPSA) is 85.7 Å². The summed E-state index contributed by atoms with van der Waals surface area (Å²) in [7, 11) is 3.09. The summed E-state index contributed by atoms with van der Waals surface area (Å²) in [5, 5.41) is 2.95. The first-order chi connectivity index (χ1) is 18.4. The third-order valence-electron chi connectivity index (χ3n) is 6.45. The van der Waals surface area contributed by atoms with Crippen molar-refractivity contribution in [2.45, 2.75) is 39.4 Å². The van der Waals surface area contributed by atoms with Gasteiger partial charge < -0.3 is 24.3 Å². The molecule has 1 heterocycles. The van der Waals surface area contributed by atoms with E-state index >= 15 is 0 Å². The van der Waals surface area contributed by atoms with Crippen LogP contribution in [0.3, 0.4) is 0 Å². The number of aromatic nitrogens is 2. The molecule has 198 valence electrons. The van der Waals surface area contributed by atoms with Crippen molar-refractivity contribution in [2.75, 3.05) is 20.8 Å². The van der Waals surface area contributed by atoms with Gasteiger partial charge in [-0.2, -0.15) is 0 Å². The molecule has 2 amide bonds. The van der Waals surface area contributed by atoms with Gasteiger partial charge in [-0.3, -0.25) is 9.59 Å². The second kappa shape index (κ2) is 12.3. The maximum atomic E-state index is 13.5. The summed E-state index contributed by atoms with van der Waals surface area (Å²) in [6.07, 6.45) is 0.474. The van der Waals surface area contributed by atoms with Crippen molar-refractivity contribution < 1.29 is 19.1 Å². The number of hydrogen-bond donors (Lipinski definition) is 1. The molecule has 0 bridgehead atoms. The minimum atomic E-state index is -0.224. The second-order valence-corrected chi connectivity index (χ2v) is 9.28. The Morgan fingerprint density at radius 1 is 0.947 bits per heavy atom. The summed E-state index contributed by atoms with van der Waals surface area (Å²) >= 11 is 0. The molecule has 38 heavy (non-hydrogen) atoms. The molecule has 0 aliphatic heterocycles. The van der Waals surface area contributed by atoms with Crippen LogP contribution >= 0.6 is 0 Å². The van der Waals surface area contributed by atoms with E-state index in [1.54, 1.807) is 25.3 Å². The van der Waals surface area contributed by atoms with Gasteiger partial charge in [0.2, 0.25) is 5.91 Å². The second-order valence-electron chi connectivity index (χ2n) is 9.28. The van der Waals surface area contributed by atoms with Crippen molar-refractivity contribution in [1.82, 2.24) is 19.8 Å². The highest BCUT2D eigenvalue weighted by molar-refractivity contribution is 5.94. The van der Waals surface area contributed by atoms with E-state index in [4.69, 9.17) is 14.5 Å². The van der Waals surface area contributed by atoms with Crippen LogP contribution in [0, 0.1) is 0 Å². The number of rotatable bonds is 11. The van der Waals surface area contributed by atoms with Crippen molar-refractivity contribution in [3.8, 4) is 11.5 Å². The van der Waals surface area contributed by atoms with Crippen LogP contribution in [0.1, 0.15) is 35.6 Å². The third-order valence-corrected chi connectivity index (χ3v) is 6.45. The SMILES string of the molecule is COc1ccc(C(=O)NCCc2nc3ccccc3n2CC(=O)N(Cc2ccccc2)C(C)C)cc1OC. The van der Waals surface area contributed by atoms with Crippen molar-refractivity contribution in [1.29, 1.82) is 0 Å². The molecular formula is C30H34N4O4. The number of methoxy groups -OCH3 is 2. The minimum absolute atomic E-state index is 0.0163. The van der Waals surface area contributed by atoms with Gasteiger partial charge in [-0.1, -0.05) is 42.5 Å². The third kappa shape index (κ3) is 6.14. The average molecular weight is 515 g/mol. The molecular weight excluding hydrogens is 480 g/mol. The molecule has 0 radical (unpaired) electrons. The Hall–Kier alpha value is -4.33. The highest BCUT2D eigenvalue weighted by Gasteiger charge is 2.21. The number of imidazole rings is 1. The molecule has 1 aromatic heterocycles. The van der Waals surface area contributed by atoms with Crippen LogP contribution in [-0.4, -0.2) is 53.1 Å². The Balaban J connectivity index is 1.49. The smallest absolute Gasteiger partial charge is 0.251 e. The molecule has 0 saturated heterocycles. The molecule has 4 aromatic rings. The van der Waals surface area contributed by atoms with E-state index in [1.165, 1.54) is 7.11 Å². The van der Waals surface area contributed by atoms with Crippen molar-refractivity contribution in [3.63, 3.8) is 0 Å². The van der Waals surface area contributed by atoms with Crippen LogP contribution in [0.25, 0.3) is 11.0 Å². The molecule has 0 unspecified atom stereocenters. The summed E-state index contributed by atoms with van der Waals surface area (Å²) in [5.41, 5.74) is 3.27. The predicted octanol–water partition coefficient (Wildman–Crippen LogP) is 4.46. The molecule has 0 fully saturated rings. The molecule has 0 spiro atoms. The molecule has 1 N–H and O–H groups in total. The maximum Gasteiger partial charge on any atom is 0.251 e. The largest absolute Gasteiger partial charge is 0.493 e. The number of benzene rings is 3. The van der Waals surface area contributed by atoms with Gasteiger partial charge in [0.25, 0.3) is 5.91 Å². The van der Waals surface area contributed by atoms with Gasteiger partial charge in [-0.25, -0.2) is 4.98 Å². The molecule has 0 saturated carbocycles. The van der Waals surface area contributed by atoms with Crippen LogP contribution < -0.4 is 14.8 Å². The molecule has 8 heteroatoms. The Kier molecular flexibility index (Phi) is 8.63. The maximum absolute atomic E-state index is 13.5. The van der Waals surface area contributed by atoms with Gasteiger partial charge in [-0.15, -0.1) is 0 Å². The van der Waals surface area contributed by atoms with E-state index in [-0.39, 0.29) is 24.4 Å². The quantitative estimate of drug-likeness (QED) is 0.319. The first-order valence-corrected chi connectivity index (χ1v) is 12.7. The predicted molar refractivity (Wildman–Crippen MR) is 147 cm³/mol. The van der Waals surface area contributed by atoms with Crippen LogP contribution in [0.15, 0.2) is 72.8 Å². The Labute approximate surface area is 223 Å². The van der Waals surface area contributed by atoms with Gasteiger partial charge >= 0.3 is 0 Å². The Bertz CT molecular complexity index is 1400. The fourth-order valence-corrected chi connectivity index (χ4v) is 4.42. The first kappa shape index (κ1) is 26.7. The average Bonchev–Trinajstić information content (AvgIpc) is 3.28. The van der Waals surface area contributed by atoms with E-state index < -0.39 is 0 Å². The zero-order chi connectivity index (χ0) is 27.1. The Morgan fingerprint density at radius 3 is 2.37 bits per heavy atom. The van der Waals surface area contributed by atoms with E-state index in [0.29, 0.717) is 36.6 Å². The zero-order valence-electron chi connectivity index (χ0n) is 22.3. The van der Waals surface area contributed by atoms with Crippen molar-refractivity contribution in [3.05, 3.63) is 89.7 Å². The van der Waals surface area contributed by atoms with Crippen LogP contribution in [-0.2, 0) is 24.3 Å². The molecule has 0 aliphatic carbocycles. The molecule has 8 nitrogen and oxygen atoms in total. The molecule has 3 aromatic carbocycles. The van der Waals surface area contributed by atoms with Gasteiger partial charge in [0.05, 0.1) is 25.3 Å². The van der Waals surface area contributed by atoms with Gasteiger partial charge in [-0.05, 0) is 49.7 Å². The lowest BCUT2D eigenvalue weighted by Gasteiger charge is -2.27. The standard InChI is InChI=1S/C30H34N4O4/c1-21(2)33(19-22-10-6-5-7-11-22)29(35)20-34-25-13-9-8-12-24(25)32-28(34)16-17-31-30(36)23-14-15-26(37-3)27(18-23)38-4/h5-15,18,21H,16-17,19-20H2,1-4H3,(H,31,36). The van der Waals surface area contributed by atoms with Gasteiger partial charge in [0, 0.05) is 31.1 Å². The van der Waals surface area contributed by atoms with E-state index in [2.05, 4.69) is 5.32 Å². The van der Waals surface area contributed by atoms with Gasteiger partial charge in [0.1, 0.15) is 12.4 Å². The summed E-state index contributed by atoms with van der Waals surface area (Å²) in [4.78, 5) is 33.0. The van der Waals surface area contributed by atoms with Gasteiger partial charge in [0.15, 0.2) is 11.5 Å². The lowest BCUT2D eigenvalue weighted by Crippen LogP contribution is -2.39. The van der Waals surface area contributed by atoms with Crippen LogP contribution in [0.5, 0.6) is 11.5 Å². The van der Waals surface area contributed by atoms with Crippen LogP contribution in [0.2, 0.25) is 0 Å². The van der Waals surface area contributed by atoms with Crippen LogP contribution in [0.4, 0.5) is 0 Å². The normalized spacial score (nSPS) is 11.0. The molecule has 0 aliphatic rings. The molecule has 0 atom stereocenters. The lowest BCUT2D eigenvalue weighted by atomic mass is 10.2. The number of nitrogens with one attached hydrogen (secondary N) is 1. The number of carbonyl (C=O) groups is 2. The summed E-state index contributed by atoms with van der Waals surface area (Å²) in [5.74, 6) is 1.59. The number of para-hydroxylation sites is 2. The zero-order valence-corrected chi connectivity index (χ0v) is 22.3. The highest BCUT2D eigenvalue weighted by Crippen LogP contribution is 2.27. The molecule has 4 rings (SSSR count). The number of nitrogens with zero attached hydrogens (tertiary/aromatic N) is 3. The first-order valence-electron chi connectivity index (χ1n) is 12.7. The monoisotopic (exact) mass is 514 g/mol. The van der Waals surface area contributed by atoms with Crippen molar-refractivity contribution >= 4 is 22.8 Å². The number of amides is 2. The highest BCUT2D eigenvalue weighted by atomic mass is 16.5. The number of ether oxygens (including phenoxy) is 2. The van der Waals surface area contributed by atoms with E-state index in [1.807, 2.05) is 77.9 Å². The fraction of sp³-hybridized carbons (Fsp3) is 0.300. The fourth-order valence-electron chi connectivity index (χ4n) is 4.42. The van der Waals surface area contributed by atoms with E-state index in [9.17, 15) is 9.59 Å². The van der Waals surface area contributed by atoms with Crippen molar-refractivity contribution in [2.24, 2.45) is 0 Å². The minimum Gasteiger partial charge on any atom is -0.493 e.